The van der Waals surface area contributed by atoms with Gasteiger partial charge in [0, 0.05) is 49.5 Å². The second kappa shape index (κ2) is 12.7. The molecular weight excluding hydrogens is 504 g/mol. The Morgan fingerprint density at radius 3 is 1.68 bits per heavy atom. The van der Waals surface area contributed by atoms with Gasteiger partial charge in [0.25, 0.3) is 0 Å². The largest absolute Gasteiger partial charge is 0.444 e. The average molecular weight is 543 g/mol. The quantitative estimate of drug-likeness (QED) is 0.482. The van der Waals surface area contributed by atoms with Gasteiger partial charge >= 0.3 is 12.2 Å². The fourth-order valence-corrected chi connectivity index (χ4v) is 5.55. The fraction of sp³-hybridized carbons (Fsp3) is 0.864. The highest BCUT2D eigenvalue weighted by atomic mass is 35.7. The van der Waals surface area contributed by atoms with Gasteiger partial charge in [0.2, 0.25) is 9.05 Å². The third-order valence-corrected chi connectivity index (χ3v) is 7.12. The van der Waals surface area contributed by atoms with Gasteiger partial charge in [-0.3, -0.25) is 4.79 Å². The van der Waals surface area contributed by atoms with Crippen molar-refractivity contribution >= 4 is 48.8 Å². The molecule has 2 saturated heterocycles. The summed E-state index contributed by atoms with van der Waals surface area (Å²) in [6.45, 7) is 14.9. The van der Waals surface area contributed by atoms with Crippen molar-refractivity contribution in [2.24, 2.45) is 11.8 Å². The second-order valence-electron chi connectivity index (χ2n) is 10.7. The van der Waals surface area contributed by atoms with Crippen molar-refractivity contribution in [1.82, 2.24) is 9.80 Å². The van der Waals surface area contributed by atoms with E-state index in [2.05, 4.69) is 0 Å². The van der Waals surface area contributed by atoms with Gasteiger partial charge in [0.15, 0.2) is 5.12 Å². The number of hydrogen-bond donors (Lipinski definition) is 0. The van der Waals surface area contributed by atoms with Crippen molar-refractivity contribution in [1.29, 1.82) is 0 Å². The molecule has 0 radical (unpaired) electrons. The first kappa shape index (κ1) is 30.8. The maximum absolute atomic E-state index is 11.8. The Balaban J connectivity index is 0.000000340. The molecule has 0 spiro atoms. The number of ether oxygens (including phenoxy) is 2. The van der Waals surface area contributed by atoms with E-state index in [0.29, 0.717) is 32.0 Å². The van der Waals surface area contributed by atoms with Crippen LogP contribution in [-0.4, -0.2) is 84.4 Å². The zero-order valence-corrected chi connectivity index (χ0v) is 23.6. The number of rotatable bonds is 4. The molecule has 2 amide bonds. The highest BCUT2D eigenvalue weighted by molar-refractivity contribution is 8.13. The van der Waals surface area contributed by atoms with Crippen LogP contribution in [0.15, 0.2) is 0 Å². The van der Waals surface area contributed by atoms with Crippen molar-refractivity contribution in [3.8, 4) is 0 Å². The predicted molar refractivity (Wildman–Crippen MR) is 135 cm³/mol. The third kappa shape index (κ3) is 13.6. The number of halogens is 1. The van der Waals surface area contributed by atoms with Crippen LogP contribution in [0.2, 0.25) is 0 Å². The van der Waals surface area contributed by atoms with E-state index < -0.39 is 26.3 Å². The molecule has 34 heavy (non-hydrogen) atoms. The lowest BCUT2D eigenvalue weighted by Gasteiger charge is -2.24. The first-order valence-electron chi connectivity index (χ1n) is 11.4. The van der Waals surface area contributed by atoms with Gasteiger partial charge in [0.1, 0.15) is 11.2 Å². The Hall–Kier alpha value is -1.20. The van der Waals surface area contributed by atoms with E-state index in [-0.39, 0.29) is 22.9 Å². The van der Waals surface area contributed by atoms with Gasteiger partial charge in [-0.1, -0.05) is 11.8 Å². The molecule has 2 fully saturated rings. The minimum Gasteiger partial charge on any atom is -0.444 e. The van der Waals surface area contributed by atoms with Crippen molar-refractivity contribution in [2.45, 2.75) is 72.5 Å². The van der Waals surface area contributed by atoms with Crippen LogP contribution in [0.5, 0.6) is 0 Å². The summed E-state index contributed by atoms with van der Waals surface area (Å²) < 4.78 is 32.4. The van der Waals surface area contributed by atoms with Gasteiger partial charge in [-0.25, -0.2) is 18.0 Å². The minimum absolute atomic E-state index is 0.0894. The average Bonchev–Trinajstić information content (AvgIpc) is 3.25. The molecule has 0 aromatic carbocycles. The lowest BCUT2D eigenvalue weighted by Crippen LogP contribution is -2.35. The first-order chi connectivity index (χ1) is 15.3. The number of carbonyl (C=O) groups is 3. The van der Waals surface area contributed by atoms with Crippen LogP contribution in [0.3, 0.4) is 0 Å². The summed E-state index contributed by atoms with van der Waals surface area (Å²) in [5.41, 5.74) is -0.975. The molecule has 2 aliphatic heterocycles. The van der Waals surface area contributed by atoms with Gasteiger partial charge in [-0.2, -0.15) is 0 Å². The minimum atomic E-state index is -3.50. The molecule has 9 nitrogen and oxygen atoms in total. The van der Waals surface area contributed by atoms with E-state index >= 15 is 0 Å². The highest BCUT2D eigenvalue weighted by Gasteiger charge is 2.32. The Morgan fingerprint density at radius 2 is 1.29 bits per heavy atom. The van der Waals surface area contributed by atoms with Gasteiger partial charge in [-0.15, -0.1) is 0 Å². The van der Waals surface area contributed by atoms with Crippen LogP contribution >= 0.6 is 22.4 Å². The van der Waals surface area contributed by atoms with Crippen LogP contribution in [0.1, 0.15) is 61.3 Å². The number of thioether (sulfide) groups is 1. The summed E-state index contributed by atoms with van der Waals surface area (Å²) in [6.07, 6.45) is 0.963. The summed E-state index contributed by atoms with van der Waals surface area (Å²) in [7, 11) is 1.69. The standard InChI is InChI=1S/C12H21NO3S.C10H18ClNO4S/c1-9(14)17-8-10-5-6-13(7-10)11(15)16-12(2,3)4;1-10(2,3)16-9(13)12-5-4-8(6-12)7-17(11,14)15/h10H,5-8H2,1-4H3;8H,4-7H2,1-3H3. The summed E-state index contributed by atoms with van der Waals surface area (Å²) in [5.74, 6) is 1.03. The molecule has 12 heteroatoms. The summed E-state index contributed by atoms with van der Waals surface area (Å²) in [4.78, 5) is 37.6. The van der Waals surface area contributed by atoms with Gasteiger partial charge < -0.3 is 19.3 Å². The molecule has 0 saturated carbocycles. The van der Waals surface area contributed by atoms with Gasteiger partial charge in [-0.05, 0) is 66.2 Å². The van der Waals surface area contributed by atoms with Crippen molar-refractivity contribution in [3.63, 3.8) is 0 Å². The maximum Gasteiger partial charge on any atom is 0.410 e. The normalized spacial score (nSPS) is 21.1. The van der Waals surface area contributed by atoms with Crippen molar-refractivity contribution in [3.05, 3.63) is 0 Å². The van der Waals surface area contributed by atoms with Crippen LogP contribution in [0, 0.1) is 11.8 Å². The number of nitrogens with zero attached hydrogens (tertiary/aromatic N) is 2. The molecular formula is C22H39ClN2O7S2. The van der Waals surface area contributed by atoms with Crippen LogP contribution in [0.4, 0.5) is 9.59 Å². The molecule has 2 atom stereocenters. The Morgan fingerprint density at radius 1 is 0.882 bits per heavy atom. The number of carbonyl (C=O) groups excluding carboxylic acids is 3. The van der Waals surface area contributed by atoms with Gasteiger partial charge in [0.05, 0.1) is 5.75 Å². The predicted octanol–water partition coefficient (Wildman–Crippen LogP) is 4.34. The summed E-state index contributed by atoms with van der Waals surface area (Å²) in [6, 6.07) is 0. The molecule has 0 aromatic heterocycles. The summed E-state index contributed by atoms with van der Waals surface area (Å²) in [5, 5.41) is 0.140. The second-order valence-corrected chi connectivity index (χ2v) is 14.7. The molecule has 2 rings (SSSR count). The Bertz CT molecular complexity index is 822. The van der Waals surface area contributed by atoms with E-state index in [9.17, 15) is 22.8 Å². The maximum atomic E-state index is 11.8. The third-order valence-electron chi connectivity index (χ3n) is 4.83. The highest BCUT2D eigenvalue weighted by Crippen LogP contribution is 2.23. The van der Waals surface area contributed by atoms with E-state index in [1.807, 2.05) is 20.8 Å². The molecule has 2 unspecified atom stereocenters. The lowest BCUT2D eigenvalue weighted by molar-refractivity contribution is -0.109. The SMILES string of the molecule is CC(=O)SCC1CCN(C(=O)OC(C)(C)C)C1.CC(C)(C)OC(=O)N1CCC(CS(=O)(=O)Cl)C1. The molecule has 198 valence electrons. The van der Waals surface area contributed by atoms with E-state index in [4.69, 9.17) is 20.2 Å². The lowest BCUT2D eigenvalue weighted by atomic mass is 10.2. The first-order valence-corrected chi connectivity index (χ1v) is 14.8. The molecule has 0 aliphatic carbocycles. The van der Waals surface area contributed by atoms with Crippen molar-refractivity contribution < 1.29 is 32.3 Å². The number of likely N-dealkylation sites (tertiary alicyclic amines) is 2. The fourth-order valence-electron chi connectivity index (χ4n) is 3.44. The topological polar surface area (TPSA) is 110 Å². The zero-order chi connectivity index (χ0) is 26.3. The molecule has 0 N–H and O–H groups in total. The Kier molecular flexibility index (Phi) is 11.5. The van der Waals surface area contributed by atoms with E-state index in [1.54, 1.807) is 32.6 Å². The molecule has 2 heterocycles. The molecule has 0 aromatic rings. The van der Waals surface area contributed by atoms with Crippen LogP contribution in [0.25, 0.3) is 0 Å². The Labute approximate surface area is 212 Å². The van der Waals surface area contributed by atoms with Crippen molar-refractivity contribution in [2.75, 3.05) is 37.7 Å². The summed E-state index contributed by atoms with van der Waals surface area (Å²) >= 11 is 1.34. The monoisotopic (exact) mass is 542 g/mol. The number of hydrogen-bond acceptors (Lipinski definition) is 8. The molecule has 0 bridgehead atoms. The number of amides is 2. The zero-order valence-electron chi connectivity index (χ0n) is 21.3. The van der Waals surface area contributed by atoms with E-state index in [1.165, 1.54) is 16.7 Å². The van der Waals surface area contributed by atoms with Crippen LogP contribution in [-0.2, 0) is 23.3 Å². The molecule has 2 aliphatic rings. The smallest absolute Gasteiger partial charge is 0.410 e. The van der Waals surface area contributed by atoms with E-state index in [0.717, 1.165) is 18.7 Å². The van der Waals surface area contributed by atoms with Crippen LogP contribution < -0.4 is 0 Å².